The van der Waals surface area contributed by atoms with Crippen LogP contribution < -0.4 is 5.32 Å². The van der Waals surface area contributed by atoms with E-state index in [1.54, 1.807) is 0 Å². The van der Waals surface area contributed by atoms with Crippen LogP contribution in [0.25, 0.3) is 0 Å². The van der Waals surface area contributed by atoms with Gasteiger partial charge in [0.05, 0.1) is 6.54 Å². The van der Waals surface area contributed by atoms with E-state index in [-0.39, 0.29) is 5.91 Å². The van der Waals surface area contributed by atoms with E-state index < -0.39 is 0 Å². The van der Waals surface area contributed by atoms with E-state index in [4.69, 9.17) is 0 Å². The molecule has 0 unspecified atom stereocenters. The van der Waals surface area contributed by atoms with E-state index in [2.05, 4.69) is 53.5 Å². The Morgan fingerprint density at radius 2 is 1.67 bits per heavy atom. The smallest absolute Gasteiger partial charge is 0.238 e. The van der Waals surface area contributed by atoms with Gasteiger partial charge in [0, 0.05) is 18.8 Å². The second-order valence-electron chi connectivity index (χ2n) is 5.51. The van der Waals surface area contributed by atoms with Crippen LogP contribution >= 0.6 is 0 Å². The molecule has 3 heteroatoms. The van der Waals surface area contributed by atoms with Gasteiger partial charge in [-0.3, -0.25) is 9.69 Å². The van der Waals surface area contributed by atoms with Crippen molar-refractivity contribution in [2.45, 2.75) is 26.4 Å². The van der Waals surface area contributed by atoms with Crippen LogP contribution in [-0.2, 0) is 24.3 Å². The summed E-state index contributed by atoms with van der Waals surface area (Å²) < 4.78 is 0. The summed E-state index contributed by atoms with van der Waals surface area (Å²) in [6, 6.07) is 16.4. The predicted octanol–water partition coefficient (Wildman–Crippen LogP) is 3.20. The lowest BCUT2D eigenvalue weighted by Crippen LogP contribution is -2.29. The van der Waals surface area contributed by atoms with Crippen LogP contribution in [-0.4, -0.2) is 17.4 Å². The van der Waals surface area contributed by atoms with Crippen molar-refractivity contribution in [3.63, 3.8) is 0 Å². The van der Waals surface area contributed by atoms with Gasteiger partial charge in [0.25, 0.3) is 0 Å². The summed E-state index contributed by atoms with van der Waals surface area (Å²) in [6.45, 7) is 4.28. The molecule has 0 atom stereocenters. The van der Waals surface area contributed by atoms with E-state index in [0.29, 0.717) is 6.54 Å². The molecule has 1 amide bonds. The lowest BCUT2D eigenvalue weighted by molar-refractivity contribution is -0.117. The molecule has 2 aromatic rings. The van der Waals surface area contributed by atoms with Crippen molar-refractivity contribution >= 4 is 11.6 Å². The van der Waals surface area contributed by atoms with Crippen molar-refractivity contribution in [1.29, 1.82) is 0 Å². The largest absolute Gasteiger partial charge is 0.325 e. The number of anilines is 1. The molecule has 2 aromatic carbocycles. The van der Waals surface area contributed by atoms with Gasteiger partial charge in [0.1, 0.15) is 0 Å². The lowest BCUT2D eigenvalue weighted by Gasteiger charge is -2.14. The maximum Gasteiger partial charge on any atom is 0.238 e. The fourth-order valence-electron chi connectivity index (χ4n) is 2.74. The second kappa shape index (κ2) is 6.10. The highest BCUT2D eigenvalue weighted by molar-refractivity contribution is 5.92. The highest BCUT2D eigenvalue weighted by Gasteiger charge is 2.20. The summed E-state index contributed by atoms with van der Waals surface area (Å²) in [6.07, 6.45) is 1.01. The molecule has 0 saturated carbocycles. The first kappa shape index (κ1) is 13.8. The van der Waals surface area contributed by atoms with Crippen molar-refractivity contribution in [2.75, 3.05) is 11.9 Å². The maximum atomic E-state index is 12.1. The SMILES string of the molecule is CCc1ccc(NC(=O)CN2Cc3ccccc3C2)cc1. The minimum atomic E-state index is 0.0482. The van der Waals surface area contributed by atoms with Crippen LogP contribution in [0.15, 0.2) is 48.5 Å². The number of amides is 1. The van der Waals surface area contributed by atoms with Crippen LogP contribution in [0.1, 0.15) is 23.6 Å². The Balaban J connectivity index is 1.55. The number of benzene rings is 2. The Morgan fingerprint density at radius 3 is 2.24 bits per heavy atom. The monoisotopic (exact) mass is 280 g/mol. The van der Waals surface area contributed by atoms with Gasteiger partial charge < -0.3 is 5.32 Å². The fraction of sp³-hybridized carbons (Fsp3) is 0.278. The van der Waals surface area contributed by atoms with E-state index in [1.165, 1.54) is 16.7 Å². The van der Waals surface area contributed by atoms with Gasteiger partial charge >= 0.3 is 0 Å². The number of fused-ring (bicyclic) bond motifs is 1. The van der Waals surface area contributed by atoms with Crippen molar-refractivity contribution in [1.82, 2.24) is 4.90 Å². The molecule has 3 rings (SSSR count). The van der Waals surface area contributed by atoms with Crippen molar-refractivity contribution in [3.8, 4) is 0 Å². The summed E-state index contributed by atoms with van der Waals surface area (Å²) in [7, 11) is 0. The van der Waals surface area contributed by atoms with Gasteiger partial charge in [0.2, 0.25) is 5.91 Å². The number of hydrogen-bond acceptors (Lipinski definition) is 2. The quantitative estimate of drug-likeness (QED) is 0.932. The maximum absolute atomic E-state index is 12.1. The van der Waals surface area contributed by atoms with Crippen LogP contribution in [0.3, 0.4) is 0 Å². The first-order chi connectivity index (χ1) is 10.2. The normalized spacial score (nSPS) is 14.0. The van der Waals surface area contributed by atoms with E-state index in [1.807, 2.05) is 12.1 Å². The number of carbonyl (C=O) groups is 1. The standard InChI is InChI=1S/C18H20N2O/c1-2-14-7-9-17(10-8-14)19-18(21)13-20-11-15-5-3-4-6-16(15)12-20/h3-10H,2,11-13H2,1H3,(H,19,21). The first-order valence-electron chi connectivity index (χ1n) is 7.42. The Labute approximate surface area is 125 Å². The van der Waals surface area contributed by atoms with Crippen LogP contribution in [0.5, 0.6) is 0 Å². The van der Waals surface area contributed by atoms with Gasteiger partial charge in [-0.15, -0.1) is 0 Å². The number of hydrogen-bond donors (Lipinski definition) is 1. The molecule has 0 aliphatic carbocycles. The molecular weight excluding hydrogens is 260 g/mol. The lowest BCUT2D eigenvalue weighted by atomic mass is 10.1. The molecule has 0 spiro atoms. The van der Waals surface area contributed by atoms with Crippen LogP contribution in [0, 0.1) is 0 Å². The topological polar surface area (TPSA) is 32.3 Å². The molecule has 0 radical (unpaired) electrons. The number of nitrogens with zero attached hydrogens (tertiary/aromatic N) is 1. The number of aryl methyl sites for hydroxylation is 1. The summed E-state index contributed by atoms with van der Waals surface area (Å²) in [5, 5.41) is 2.97. The molecule has 1 aliphatic heterocycles. The molecule has 0 saturated heterocycles. The molecular formula is C18H20N2O. The number of rotatable bonds is 4. The Bertz CT molecular complexity index is 609. The second-order valence-corrected chi connectivity index (χ2v) is 5.51. The molecule has 21 heavy (non-hydrogen) atoms. The van der Waals surface area contributed by atoms with Crippen molar-refractivity contribution in [2.24, 2.45) is 0 Å². The molecule has 3 nitrogen and oxygen atoms in total. The molecule has 0 aromatic heterocycles. The predicted molar refractivity (Wildman–Crippen MR) is 85.0 cm³/mol. The highest BCUT2D eigenvalue weighted by Crippen LogP contribution is 2.21. The van der Waals surface area contributed by atoms with Gasteiger partial charge in [-0.2, -0.15) is 0 Å². The van der Waals surface area contributed by atoms with Gasteiger partial charge in [0.15, 0.2) is 0 Å². The molecule has 1 aliphatic rings. The molecule has 1 heterocycles. The highest BCUT2D eigenvalue weighted by atomic mass is 16.2. The molecule has 108 valence electrons. The van der Waals surface area contributed by atoms with Crippen LogP contribution in [0.2, 0.25) is 0 Å². The third-order valence-electron chi connectivity index (χ3n) is 3.92. The average Bonchev–Trinajstić information content (AvgIpc) is 2.90. The van der Waals surface area contributed by atoms with Gasteiger partial charge in [-0.25, -0.2) is 0 Å². The van der Waals surface area contributed by atoms with E-state index in [9.17, 15) is 4.79 Å². The molecule has 1 N–H and O–H groups in total. The zero-order chi connectivity index (χ0) is 14.7. The Hall–Kier alpha value is -2.13. The number of nitrogens with one attached hydrogen (secondary N) is 1. The van der Waals surface area contributed by atoms with Crippen molar-refractivity contribution < 1.29 is 4.79 Å². The molecule has 0 bridgehead atoms. The fourth-order valence-corrected chi connectivity index (χ4v) is 2.74. The third kappa shape index (κ3) is 3.31. The van der Waals surface area contributed by atoms with E-state index in [0.717, 1.165) is 25.2 Å². The minimum absolute atomic E-state index is 0.0482. The Morgan fingerprint density at radius 1 is 1.05 bits per heavy atom. The van der Waals surface area contributed by atoms with E-state index >= 15 is 0 Å². The molecule has 0 fully saturated rings. The Kier molecular flexibility index (Phi) is 4.02. The summed E-state index contributed by atoms with van der Waals surface area (Å²) in [4.78, 5) is 14.3. The summed E-state index contributed by atoms with van der Waals surface area (Å²) in [5.41, 5.74) is 4.81. The number of carbonyl (C=O) groups excluding carboxylic acids is 1. The summed E-state index contributed by atoms with van der Waals surface area (Å²) in [5.74, 6) is 0.0482. The van der Waals surface area contributed by atoms with Crippen molar-refractivity contribution in [3.05, 3.63) is 65.2 Å². The third-order valence-corrected chi connectivity index (χ3v) is 3.92. The minimum Gasteiger partial charge on any atom is -0.325 e. The summed E-state index contributed by atoms with van der Waals surface area (Å²) >= 11 is 0. The average molecular weight is 280 g/mol. The zero-order valence-electron chi connectivity index (χ0n) is 12.3. The zero-order valence-corrected chi connectivity index (χ0v) is 12.3. The first-order valence-corrected chi connectivity index (χ1v) is 7.42. The van der Waals surface area contributed by atoms with Crippen LogP contribution in [0.4, 0.5) is 5.69 Å². The van der Waals surface area contributed by atoms with Gasteiger partial charge in [-0.1, -0.05) is 43.3 Å². The van der Waals surface area contributed by atoms with Gasteiger partial charge in [-0.05, 0) is 35.2 Å².